The van der Waals surface area contributed by atoms with Gasteiger partial charge < -0.3 is 9.73 Å². The lowest BCUT2D eigenvalue weighted by atomic mass is 10.0. The Bertz CT molecular complexity index is 323. The fourth-order valence-electron chi connectivity index (χ4n) is 1.94. The first-order valence-corrected chi connectivity index (χ1v) is 7.05. The summed E-state index contributed by atoms with van der Waals surface area (Å²) in [6, 6.07) is 3.98. The number of furan rings is 1. The van der Waals surface area contributed by atoms with Crippen LogP contribution >= 0.6 is 0 Å². The van der Waals surface area contributed by atoms with E-state index in [-0.39, 0.29) is 0 Å². The molecule has 0 amide bonds. The minimum atomic E-state index is 0.803. The van der Waals surface area contributed by atoms with Crippen molar-refractivity contribution in [2.45, 2.75) is 46.5 Å². The van der Waals surface area contributed by atoms with Gasteiger partial charge in [-0.25, -0.2) is 0 Å². The zero-order chi connectivity index (χ0) is 13.2. The van der Waals surface area contributed by atoms with E-state index >= 15 is 0 Å². The highest BCUT2D eigenvalue weighted by Crippen LogP contribution is 2.11. The molecule has 0 aliphatic heterocycles. The fraction of sp³-hybridized carbons (Fsp3) is 0.625. The molecule has 1 aromatic heterocycles. The van der Waals surface area contributed by atoms with Gasteiger partial charge in [-0.15, -0.1) is 0 Å². The van der Waals surface area contributed by atoms with E-state index in [1.807, 2.05) is 12.1 Å². The van der Waals surface area contributed by atoms with E-state index in [1.54, 1.807) is 6.26 Å². The van der Waals surface area contributed by atoms with Gasteiger partial charge in [0.05, 0.1) is 6.26 Å². The Morgan fingerprint density at radius 2 is 2.17 bits per heavy atom. The van der Waals surface area contributed by atoms with Crippen molar-refractivity contribution >= 4 is 0 Å². The van der Waals surface area contributed by atoms with E-state index in [9.17, 15) is 0 Å². The molecule has 1 N–H and O–H groups in total. The van der Waals surface area contributed by atoms with Crippen LogP contribution in [-0.4, -0.2) is 13.1 Å². The summed E-state index contributed by atoms with van der Waals surface area (Å²) in [6.45, 7) is 8.79. The monoisotopic (exact) mass is 249 g/mol. The molecule has 0 saturated heterocycles. The minimum absolute atomic E-state index is 0.803. The Labute approximate surface area is 111 Å². The number of rotatable bonds is 9. The van der Waals surface area contributed by atoms with Crippen LogP contribution in [0, 0.1) is 5.92 Å². The van der Waals surface area contributed by atoms with E-state index < -0.39 is 0 Å². The number of hydrogen-bond acceptors (Lipinski definition) is 2. The van der Waals surface area contributed by atoms with Crippen LogP contribution in [0.5, 0.6) is 0 Å². The van der Waals surface area contributed by atoms with E-state index in [1.165, 1.54) is 24.8 Å². The standard InChI is InChI=1S/C16H27NO/c1-14(2)6-4-7-15(3)9-11-17-12-10-16-8-5-13-18-16/h5-6,8,13,15,17H,4,7,9-12H2,1-3H3/t15-/m0/s1. The highest BCUT2D eigenvalue weighted by molar-refractivity contribution is 4.98. The van der Waals surface area contributed by atoms with E-state index in [2.05, 4.69) is 32.2 Å². The molecule has 0 aromatic carbocycles. The molecule has 0 spiro atoms. The summed E-state index contributed by atoms with van der Waals surface area (Å²) >= 11 is 0. The van der Waals surface area contributed by atoms with Gasteiger partial charge in [-0.1, -0.05) is 18.6 Å². The van der Waals surface area contributed by atoms with Gasteiger partial charge in [-0.2, -0.15) is 0 Å². The lowest BCUT2D eigenvalue weighted by Gasteiger charge is -2.10. The third-order valence-corrected chi connectivity index (χ3v) is 3.15. The molecule has 0 aliphatic carbocycles. The van der Waals surface area contributed by atoms with Crippen molar-refractivity contribution in [2.75, 3.05) is 13.1 Å². The Kier molecular flexibility index (Phi) is 7.51. The Morgan fingerprint density at radius 1 is 1.33 bits per heavy atom. The van der Waals surface area contributed by atoms with E-state index in [4.69, 9.17) is 4.42 Å². The molecule has 18 heavy (non-hydrogen) atoms. The highest BCUT2D eigenvalue weighted by Gasteiger charge is 2.01. The fourth-order valence-corrected chi connectivity index (χ4v) is 1.94. The van der Waals surface area contributed by atoms with Crippen LogP contribution < -0.4 is 5.32 Å². The second-order valence-corrected chi connectivity index (χ2v) is 5.33. The van der Waals surface area contributed by atoms with Crippen molar-refractivity contribution in [2.24, 2.45) is 5.92 Å². The predicted octanol–water partition coefficient (Wildman–Crippen LogP) is 4.18. The SMILES string of the molecule is CC(C)=CCC[C@H](C)CCNCCc1ccco1. The maximum Gasteiger partial charge on any atom is 0.105 e. The smallest absolute Gasteiger partial charge is 0.105 e. The molecule has 2 nitrogen and oxygen atoms in total. The second kappa shape index (κ2) is 8.98. The van der Waals surface area contributed by atoms with Gasteiger partial charge in [0.2, 0.25) is 0 Å². The first-order chi connectivity index (χ1) is 8.68. The lowest BCUT2D eigenvalue weighted by molar-refractivity contribution is 0.462. The maximum absolute atomic E-state index is 5.29. The van der Waals surface area contributed by atoms with Crippen LogP contribution in [0.3, 0.4) is 0 Å². The van der Waals surface area contributed by atoms with Crippen LogP contribution in [0.15, 0.2) is 34.5 Å². The van der Waals surface area contributed by atoms with Crippen molar-refractivity contribution < 1.29 is 4.42 Å². The summed E-state index contributed by atoms with van der Waals surface area (Å²) in [4.78, 5) is 0. The van der Waals surface area contributed by atoms with Crippen molar-refractivity contribution in [1.29, 1.82) is 0 Å². The summed E-state index contributed by atoms with van der Waals surface area (Å²) in [6.07, 6.45) is 8.83. The molecule has 102 valence electrons. The van der Waals surface area contributed by atoms with Crippen LogP contribution in [0.2, 0.25) is 0 Å². The molecule has 2 heteroatoms. The molecule has 1 aromatic rings. The zero-order valence-corrected chi connectivity index (χ0v) is 12.0. The van der Waals surface area contributed by atoms with Crippen molar-refractivity contribution in [3.05, 3.63) is 35.8 Å². The van der Waals surface area contributed by atoms with Crippen molar-refractivity contribution in [3.63, 3.8) is 0 Å². The average molecular weight is 249 g/mol. The molecule has 0 saturated carbocycles. The number of hydrogen-bond donors (Lipinski definition) is 1. The van der Waals surface area contributed by atoms with Gasteiger partial charge >= 0.3 is 0 Å². The third kappa shape index (κ3) is 7.33. The van der Waals surface area contributed by atoms with Crippen LogP contribution in [0.1, 0.15) is 45.8 Å². The van der Waals surface area contributed by atoms with Gasteiger partial charge in [0.25, 0.3) is 0 Å². The summed E-state index contributed by atoms with van der Waals surface area (Å²) in [5.41, 5.74) is 1.43. The lowest BCUT2D eigenvalue weighted by Crippen LogP contribution is -2.20. The first kappa shape index (κ1) is 15.0. The average Bonchev–Trinajstić information content (AvgIpc) is 2.81. The van der Waals surface area contributed by atoms with Crippen molar-refractivity contribution in [1.82, 2.24) is 5.32 Å². The summed E-state index contributed by atoms with van der Waals surface area (Å²) in [5, 5.41) is 3.48. The third-order valence-electron chi connectivity index (χ3n) is 3.15. The molecule has 0 fully saturated rings. The summed E-state index contributed by atoms with van der Waals surface area (Å²) in [7, 11) is 0. The zero-order valence-electron chi connectivity index (χ0n) is 12.0. The Balaban J connectivity index is 1.95. The molecule has 0 radical (unpaired) electrons. The largest absolute Gasteiger partial charge is 0.469 e. The van der Waals surface area contributed by atoms with Crippen LogP contribution in [0.25, 0.3) is 0 Å². The molecule has 0 aliphatic rings. The van der Waals surface area contributed by atoms with Gasteiger partial charge in [0.15, 0.2) is 0 Å². The summed E-state index contributed by atoms with van der Waals surface area (Å²) < 4.78 is 5.29. The van der Waals surface area contributed by atoms with Crippen LogP contribution in [0.4, 0.5) is 0 Å². The Morgan fingerprint density at radius 3 is 2.83 bits per heavy atom. The summed E-state index contributed by atoms with van der Waals surface area (Å²) in [5.74, 6) is 1.87. The number of allylic oxidation sites excluding steroid dienone is 2. The predicted molar refractivity (Wildman–Crippen MR) is 77.7 cm³/mol. The highest BCUT2D eigenvalue weighted by atomic mass is 16.3. The van der Waals surface area contributed by atoms with Gasteiger partial charge in [0, 0.05) is 13.0 Å². The van der Waals surface area contributed by atoms with E-state index in [0.29, 0.717) is 0 Å². The van der Waals surface area contributed by atoms with E-state index in [0.717, 1.165) is 31.2 Å². The normalized spacial score (nSPS) is 12.4. The number of nitrogens with one attached hydrogen (secondary N) is 1. The molecule has 1 atom stereocenters. The molecule has 0 bridgehead atoms. The van der Waals surface area contributed by atoms with Crippen LogP contribution in [-0.2, 0) is 6.42 Å². The topological polar surface area (TPSA) is 25.2 Å². The minimum Gasteiger partial charge on any atom is -0.469 e. The Hall–Kier alpha value is -1.02. The molecular weight excluding hydrogens is 222 g/mol. The quantitative estimate of drug-likeness (QED) is 0.524. The van der Waals surface area contributed by atoms with Gasteiger partial charge in [0.1, 0.15) is 5.76 Å². The molecule has 0 unspecified atom stereocenters. The van der Waals surface area contributed by atoms with Gasteiger partial charge in [-0.05, 0) is 57.7 Å². The molecule has 1 heterocycles. The molecule has 1 rings (SSSR count). The second-order valence-electron chi connectivity index (χ2n) is 5.33. The maximum atomic E-state index is 5.29. The van der Waals surface area contributed by atoms with Crippen molar-refractivity contribution in [3.8, 4) is 0 Å². The van der Waals surface area contributed by atoms with Gasteiger partial charge in [-0.3, -0.25) is 0 Å². The molecular formula is C16H27NO. The first-order valence-electron chi connectivity index (χ1n) is 7.05.